The highest BCUT2D eigenvalue weighted by Gasteiger charge is 2.10. The lowest BCUT2D eigenvalue weighted by molar-refractivity contribution is 0.597. The van der Waals surface area contributed by atoms with Crippen LogP contribution in [0.15, 0.2) is 41.6 Å². The third-order valence-electron chi connectivity index (χ3n) is 2.64. The number of aromatic nitrogens is 2. The molecule has 0 saturated carbocycles. The lowest BCUT2D eigenvalue weighted by Crippen LogP contribution is -2.04. The minimum absolute atomic E-state index is 0.120. The number of rotatable bonds is 5. The molecule has 2 rings (SSSR count). The SMILES string of the molecule is CCS(=O)(=O)c1ccc(NCc2cn[nH]c2)cc1. The van der Waals surface area contributed by atoms with Crippen LogP contribution in [-0.2, 0) is 16.4 Å². The summed E-state index contributed by atoms with van der Waals surface area (Å²) in [6.07, 6.45) is 3.55. The van der Waals surface area contributed by atoms with Gasteiger partial charge in [0, 0.05) is 24.0 Å². The molecule has 0 bridgehead atoms. The van der Waals surface area contributed by atoms with Crippen molar-refractivity contribution in [1.82, 2.24) is 10.2 Å². The number of sulfone groups is 1. The van der Waals surface area contributed by atoms with Crippen molar-refractivity contribution in [3.05, 3.63) is 42.2 Å². The average molecular weight is 265 g/mol. The van der Waals surface area contributed by atoms with E-state index in [0.717, 1.165) is 11.3 Å². The summed E-state index contributed by atoms with van der Waals surface area (Å²) in [5.74, 6) is 0.120. The molecule has 2 aromatic rings. The first kappa shape index (κ1) is 12.6. The predicted octanol–water partition coefficient (Wildman–Crippen LogP) is 1.82. The van der Waals surface area contributed by atoms with Gasteiger partial charge < -0.3 is 5.32 Å². The molecule has 1 aromatic carbocycles. The molecule has 5 nitrogen and oxygen atoms in total. The fourth-order valence-electron chi connectivity index (χ4n) is 1.53. The Morgan fingerprint density at radius 3 is 2.56 bits per heavy atom. The molecule has 0 atom stereocenters. The Balaban J connectivity index is 2.04. The minimum atomic E-state index is -3.12. The number of benzene rings is 1. The number of nitrogens with one attached hydrogen (secondary N) is 2. The predicted molar refractivity (Wildman–Crippen MR) is 70.1 cm³/mol. The van der Waals surface area contributed by atoms with Crippen LogP contribution < -0.4 is 5.32 Å². The summed E-state index contributed by atoms with van der Waals surface area (Å²) in [7, 11) is -3.12. The number of aromatic amines is 1. The molecule has 6 heteroatoms. The molecule has 0 spiro atoms. The van der Waals surface area contributed by atoms with Crippen molar-refractivity contribution in [2.45, 2.75) is 18.4 Å². The van der Waals surface area contributed by atoms with E-state index in [0.29, 0.717) is 11.4 Å². The zero-order valence-electron chi connectivity index (χ0n) is 10.1. The second-order valence-corrected chi connectivity index (χ2v) is 6.17. The summed E-state index contributed by atoms with van der Waals surface area (Å²) in [4.78, 5) is 0.360. The van der Waals surface area contributed by atoms with Gasteiger partial charge in [-0.3, -0.25) is 5.10 Å². The van der Waals surface area contributed by atoms with Gasteiger partial charge in [-0.05, 0) is 24.3 Å². The van der Waals surface area contributed by atoms with E-state index >= 15 is 0 Å². The molecule has 0 aliphatic heterocycles. The molecule has 0 aliphatic carbocycles. The fourth-order valence-corrected chi connectivity index (χ4v) is 2.41. The summed E-state index contributed by atoms with van der Waals surface area (Å²) in [6, 6.07) is 6.78. The van der Waals surface area contributed by atoms with E-state index in [1.54, 1.807) is 37.4 Å². The summed E-state index contributed by atoms with van der Waals surface area (Å²) in [5, 5.41) is 9.77. The number of H-pyrrole nitrogens is 1. The normalized spacial score (nSPS) is 11.4. The minimum Gasteiger partial charge on any atom is -0.381 e. The van der Waals surface area contributed by atoms with Gasteiger partial charge in [-0.25, -0.2) is 8.42 Å². The summed E-state index contributed by atoms with van der Waals surface area (Å²) in [5.41, 5.74) is 1.92. The zero-order chi connectivity index (χ0) is 13.0. The highest BCUT2D eigenvalue weighted by atomic mass is 32.2. The molecule has 0 unspecified atom stereocenters. The van der Waals surface area contributed by atoms with E-state index in [2.05, 4.69) is 15.5 Å². The van der Waals surface area contributed by atoms with Gasteiger partial charge in [0.2, 0.25) is 0 Å². The molecule has 0 saturated heterocycles. The Hall–Kier alpha value is -1.82. The van der Waals surface area contributed by atoms with Crippen molar-refractivity contribution < 1.29 is 8.42 Å². The first-order valence-corrected chi connectivity index (χ1v) is 7.31. The van der Waals surface area contributed by atoms with Crippen LogP contribution in [0.4, 0.5) is 5.69 Å². The Morgan fingerprint density at radius 1 is 1.28 bits per heavy atom. The van der Waals surface area contributed by atoms with Crippen LogP contribution in [0.25, 0.3) is 0 Å². The third-order valence-corrected chi connectivity index (χ3v) is 4.40. The third kappa shape index (κ3) is 2.89. The number of hydrogen-bond acceptors (Lipinski definition) is 4. The smallest absolute Gasteiger partial charge is 0.178 e. The van der Waals surface area contributed by atoms with E-state index in [1.807, 2.05) is 6.20 Å². The van der Waals surface area contributed by atoms with Crippen LogP contribution in [0.3, 0.4) is 0 Å². The van der Waals surface area contributed by atoms with Gasteiger partial charge in [-0.2, -0.15) is 5.10 Å². The van der Waals surface area contributed by atoms with E-state index < -0.39 is 9.84 Å². The molecule has 1 heterocycles. The summed E-state index contributed by atoms with van der Waals surface area (Å²) in [6.45, 7) is 2.29. The van der Waals surface area contributed by atoms with Crippen molar-refractivity contribution in [2.75, 3.05) is 11.1 Å². The van der Waals surface area contributed by atoms with Crippen molar-refractivity contribution in [2.24, 2.45) is 0 Å². The summed E-state index contributed by atoms with van der Waals surface area (Å²) < 4.78 is 23.2. The molecule has 96 valence electrons. The first-order chi connectivity index (χ1) is 8.62. The van der Waals surface area contributed by atoms with Crippen molar-refractivity contribution in [3.63, 3.8) is 0 Å². The van der Waals surface area contributed by atoms with Crippen molar-refractivity contribution in [1.29, 1.82) is 0 Å². The standard InChI is InChI=1S/C12H15N3O2S/c1-2-18(16,17)12-5-3-11(4-6-12)13-7-10-8-14-15-9-10/h3-6,8-9,13H,2,7H2,1H3,(H,14,15). The quantitative estimate of drug-likeness (QED) is 0.864. The van der Waals surface area contributed by atoms with Crippen LogP contribution in [0.5, 0.6) is 0 Å². The molecule has 0 fully saturated rings. The van der Waals surface area contributed by atoms with Gasteiger partial charge in [-0.15, -0.1) is 0 Å². The summed E-state index contributed by atoms with van der Waals surface area (Å²) >= 11 is 0. The van der Waals surface area contributed by atoms with E-state index in [4.69, 9.17) is 0 Å². The van der Waals surface area contributed by atoms with E-state index in [1.165, 1.54) is 0 Å². The number of anilines is 1. The van der Waals surface area contributed by atoms with Gasteiger partial charge in [-0.1, -0.05) is 6.92 Å². The zero-order valence-corrected chi connectivity index (χ0v) is 10.9. The van der Waals surface area contributed by atoms with Crippen molar-refractivity contribution >= 4 is 15.5 Å². The van der Waals surface area contributed by atoms with Crippen LogP contribution in [-0.4, -0.2) is 24.4 Å². The molecule has 0 radical (unpaired) electrons. The highest BCUT2D eigenvalue weighted by molar-refractivity contribution is 7.91. The van der Waals surface area contributed by atoms with Gasteiger partial charge in [0.1, 0.15) is 0 Å². The molecule has 1 aromatic heterocycles. The van der Waals surface area contributed by atoms with Crippen molar-refractivity contribution in [3.8, 4) is 0 Å². The van der Waals surface area contributed by atoms with Gasteiger partial charge >= 0.3 is 0 Å². The molecule has 0 aliphatic rings. The molecular weight excluding hydrogens is 250 g/mol. The second-order valence-electron chi connectivity index (χ2n) is 3.89. The maximum atomic E-state index is 11.6. The van der Waals surface area contributed by atoms with Crippen LogP contribution in [0.1, 0.15) is 12.5 Å². The first-order valence-electron chi connectivity index (χ1n) is 5.66. The lowest BCUT2D eigenvalue weighted by atomic mass is 10.3. The Bertz CT molecular complexity index is 589. The van der Waals surface area contributed by atoms with Gasteiger partial charge in [0.05, 0.1) is 16.8 Å². The topological polar surface area (TPSA) is 74.8 Å². The monoisotopic (exact) mass is 265 g/mol. The molecule has 0 amide bonds. The van der Waals surface area contributed by atoms with E-state index in [-0.39, 0.29) is 5.75 Å². The largest absolute Gasteiger partial charge is 0.381 e. The van der Waals surface area contributed by atoms with Gasteiger partial charge in [0.15, 0.2) is 9.84 Å². The molecule has 2 N–H and O–H groups in total. The maximum Gasteiger partial charge on any atom is 0.178 e. The molecule has 18 heavy (non-hydrogen) atoms. The van der Waals surface area contributed by atoms with Gasteiger partial charge in [0.25, 0.3) is 0 Å². The van der Waals surface area contributed by atoms with Crippen LogP contribution in [0.2, 0.25) is 0 Å². The maximum absolute atomic E-state index is 11.6. The Morgan fingerprint density at radius 2 is 2.00 bits per heavy atom. The Labute approximate surface area is 106 Å². The number of hydrogen-bond donors (Lipinski definition) is 2. The fraction of sp³-hybridized carbons (Fsp3) is 0.250. The van der Waals surface area contributed by atoms with E-state index in [9.17, 15) is 8.42 Å². The molecular formula is C12H15N3O2S. The van der Waals surface area contributed by atoms with Crippen LogP contribution >= 0.6 is 0 Å². The second kappa shape index (κ2) is 5.22. The van der Waals surface area contributed by atoms with Crippen LogP contribution in [0, 0.1) is 0 Å². The highest BCUT2D eigenvalue weighted by Crippen LogP contribution is 2.15. The average Bonchev–Trinajstić information content (AvgIpc) is 2.90. The number of nitrogens with zero attached hydrogens (tertiary/aromatic N) is 1. The Kier molecular flexibility index (Phi) is 3.66. The lowest BCUT2D eigenvalue weighted by Gasteiger charge is -2.06.